The molecule has 7 heteroatoms. The van der Waals surface area contributed by atoms with E-state index in [1.54, 1.807) is 19.2 Å². The molecule has 0 N–H and O–H groups in total. The van der Waals surface area contributed by atoms with Crippen LogP contribution in [0.25, 0.3) is 11.4 Å². The molecule has 6 nitrogen and oxygen atoms in total. The van der Waals surface area contributed by atoms with Gasteiger partial charge in [0.1, 0.15) is 5.75 Å². The molecular weight excluding hydrogens is 366 g/mol. The number of rotatable bonds is 6. The van der Waals surface area contributed by atoms with E-state index in [1.165, 1.54) is 10.5 Å². The lowest BCUT2D eigenvalue weighted by Crippen LogP contribution is -2.31. The Morgan fingerprint density at radius 2 is 1.89 bits per heavy atom. The lowest BCUT2D eigenvalue weighted by molar-refractivity contribution is -0.132. The van der Waals surface area contributed by atoms with Gasteiger partial charge in [0.25, 0.3) is 5.91 Å². The summed E-state index contributed by atoms with van der Waals surface area (Å²) in [5.41, 5.74) is 3.09. The van der Waals surface area contributed by atoms with Crippen molar-refractivity contribution in [2.75, 3.05) is 13.7 Å². The Bertz CT molecular complexity index is 938. The highest BCUT2D eigenvalue weighted by Gasteiger charge is 2.15. The summed E-state index contributed by atoms with van der Waals surface area (Å²) in [7, 11) is 1.66. The summed E-state index contributed by atoms with van der Waals surface area (Å²) in [5, 5.41) is 4.58. The van der Waals surface area contributed by atoms with Crippen LogP contribution in [0.2, 0.25) is 5.02 Å². The Labute approximate surface area is 162 Å². The molecule has 0 spiro atoms. The first kappa shape index (κ1) is 18.9. The molecule has 3 rings (SSSR count). The van der Waals surface area contributed by atoms with Crippen molar-refractivity contribution in [3.63, 3.8) is 0 Å². The summed E-state index contributed by atoms with van der Waals surface area (Å²) in [6.45, 7) is 4.18. The number of halogens is 1. The average molecular weight is 386 g/mol. The monoisotopic (exact) mass is 385 g/mol. The maximum atomic E-state index is 12.3. The van der Waals surface area contributed by atoms with Gasteiger partial charge in [-0.1, -0.05) is 22.8 Å². The second-order valence-corrected chi connectivity index (χ2v) is 6.74. The first-order chi connectivity index (χ1) is 12.9. The fourth-order valence-electron chi connectivity index (χ4n) is 2.39. The van der Waals surface area contributed by atoms with Gasteiger partial charge in [0, 0.05) is 17.6 Å². The van der Waals surface area contributed by atoms with Gasteiger partial charge >= 0.3 is 0 Å². The number of amides is 1. The van der Waals surface area contributed by atoms with Crippen molar-refractivity contribution < 1.29 is 14.1 Å². The average Bonchev–Trinajstić information content (AvgIpc) is 3.11. The summed E-state index contributed by atoms with van der Waals surface area (Å²) in [4.78, 5) is 18.1. The zero-order chi connectivity index (χ0) is 19.4. The summed E-state index contributed by atoms with van der Waals surface area (Å²) >= 11 is 5.88. The Balaban J connectivity index is 1.56. The van der Waals surface area contributed by atoms with Crippen LogP contribution in [0.3, 0.4) is 0 Å². The zero-order valence-corrected chi connectivity index (χ0v) is 16.2. The van der Waals surface area contributed by atoms with E-state index < -0.39 is 0 Å². The molecule has 2 aromatic carbocycles. The fraction of sp³-hybridized carbons (Fsp3) is 0.250. The first-order valence-electron chi connectivity index (χ1n) is 8.45. The minimum Gasteiger partial charge on any atom is -0.484 e. The van der Waals surface area contributed by atoms with Crippen molar-refractivity contribution in [1.82, 2.24) is 15.0 Å². The largest absolute Gasteiger partial charge is 0.484 e. The normalized spacial score (nSPS) is 10.7. The van der Waals surface area contributed by atoms with Gasteiger partial charge in [-0.3, -0.25) is 4.79 Å². The predicted molar refractivity (Wildman–Crippen MR) is 103 cm³/mol. The van der Waals surface area contributed by atoms with Crippen molar-refractivity contribution in [3.05, 3.63) is 64.5 Å². The molecule has 0 fully saturated rings. The lowest BCUT2D eigenvalue weighted by Gasteiger charge is -2.15. The van der Waals surface area contributed by atoms with Gasteiger partial charge in [0.2, 0.25) is 11.7 Å². The number of carbonyl (C=O) groups excluding carboxylic acids is 1. The van der Waals surface area contributed by atoms with E-state index in [4.69, 9.17) is 20.9 Å². The van der Waals surface area contributed by atoms with Gasteiger partial charge in [-0.05, 0) is 61.4 Å². The van der Waals surface area contributed by atoms with Gasteiger partial charge in [0.15, 0.2) is 6.61 Å². The molecule has 0 aliphatic heterocycles. The van der Waals surface area contributed by atoms with Gasteiger partial charge in [-0.2, -0.15) is 4.98 Å². The van der Waals surface area contributed by atoms with Crippen LogP contribution in [0.1, 0.15) is 17.0 Å². The molecule has 1 heterocycles. The fourth-order valence-corrected chi connectivity index (χ4v) is 2.51. The molecule has 1 aromatic heterocycles. The van der Waals surface area contributed by atoms with E-state index in [9.17, 15) is 4.79 Å². The van der Waals surface area contributed by atoms with Crippen molar-refractivity contribution in [2.45, 2.75) is 20.4 Å². The summed E-state index contributed by atoms with van der Waals surface area (Å²) in [6.07, 6.45) is 0. The third-order valence-electron chi connectivity index (χ3n) is 4.21. The van der Waals surface area contributed by atoms with E-state index in [-0.39, 0.29) is 19.1 Å². The van der Waals surface area contributed by atoms with Crippen molar-refractivity contribution >= 4 is 17.5 Å². The number of aryl methyl sites for hydroxylation is 2. The highest BCUT2D eigenvalue weighted by atomic mass is 35.5. The Hall–Kier alpha value is -2.86. The number of hydrogen-bond donors (Lipinski definition) is 0. The van der Waals surface area contributed by atoms with E-state index in [1.807, 2.05) is 44.2 Å². The molecule has 0 radical (unpaired) electrons. The number of likely N-dealkylation sites (N-methyl/N-ethyl adjacent to an activating group) is 1. The zero-order valence-electron chi connectivity index (χ0n) is 15.4. The van der Waals surface area contributed by atoms with Gasteiger partial charge in [-0.15, -0.1) is 0 Å². The van der Waals surface area contributed by atoms with E-state index >= 15 is 0 Å². The highest BCUT2D eigenvalue weighted by Crippen LogP contribution is 2.19. The van der Waals surface area contributed by atoms with Crippen LogP contribution < -0.4 is 4.74 Å². The lowest BCUT2D eigenvalue weighted by atomic mass is 10.1. The van der Waals surface area contributed by atoms with Crippen LogP contribution in [0, 0.1) is 13.8 Å². The van der Waals surface area contributed by atoms with Crippen molar-refractivity contribution in [1.29, 1.82) is 0 Å². The summed E-state index contributed by atoms with van der Waals surface area (Å²) in [6, 6.07) is 12.9. The second-order valence-electron chi connectivity index (χ2n) is 6.30. The molecule has 140 valence electrons. The second kappa shape index (κ2) is 8.22. The Morgan fingerprint density at radius 1 is 1.15 bits per heavy atom. The smallest absolute Gasteiger partial charge is 0.260 e. The van der Waals surface area contributed by atoms with Gasteiger partial charge in [0.05, 0.1) is 6.54 Å². The van der Waals surface area contributed by atoms with E-state index in [0.29, 0.717) is 22.5 Å². The first-order valence-corrected chi connectivity index (χ1v) is 8.82. The summed E-state index contributed by atoms with van der Waals surface area (Å²) < 4.78 is 10.8. The SMILES string of the molecule is Cc1ccc(OCC(=O)N(C)Cc2nc(-c3ccc(Cl)cc3)no2)cc1C. The van der Waals surface area contributed by atoms with Crippen LogP contribution in [0.15, 0.2) is 47.0 Å². The molecule has 3 aromatic rings. The minimum absolute atomic E-state index is 0.0584. The number of aromatic nitrogens is 2. The molecule has 0 bridgehead atoms. The minimum atomic E-state index is -0.181. The molecule has 1 amide bonds. The van der Waals surface area contributed by atoms with E-state index in [0.717, 1.165) is 11.1 Å². The van der Waals surface area contributed by atoms with Crippen molar-refractivity contribution in [2.24, 2.45) is 0 Å². The van der Waals surface area contributed by atoms with Gasteiger partial charge < -0.3 is 14.2 Å². The van der Waals surface area contributed by atoms with Crippen molar-refractivity contribution in [3.8, 4) is 17.1 Å². The summed E-state index contributed by atoms with van der Waals surface area (Å²) in [5.74, 6) is 1.29. The van der Waals surface area contributed by atoms with Crippen LogP contribution in [-0.4, -0.2) is 34.6 Å². The molecule has 0 atom stereocenters. The third-order valence-corrected chi connectivity index (χ3v) is 4.46. The molecule has 0 saturated heterocycles. The number of ether oxygens (including phenoxy) is 1. The van der Waals surface area contributed by atoms with Crippen LogP contribution in [0.4, 0.5) is 0 Å². The predicted octanol–water partition coefficient (Wildman–Crippen LogP) is 4.04. The standard InChI is InChI=1S/C20H20ClN3O3/c1-13-4-9-17(10-14(13)2)26-12-19(25)24(3)11-18-22-20(23-27-18)15-5-7-16(21)8-6-15/h4-10H,11-12H2,1-3H3. The van der Waals surface area contributed by atoms with Crippen LogP contribution in [-0.2, 0) is 11.3 Å². The highest BCUT2D eigenvalue weighted by molar-refractivity contribution is 6.30. The van der Waals surface area contributed by atoms with Gasteiger partial charge in [-0.25, -0.2) is 0 Å². The molecular formula is C20H20ClN3O3. The quantitative estimate of drug-likeness (QED) is 0.640. The Kier molecular flexibility index (Phi) is 5.76. The number of hydrogen-bond acceptors (Lipinski definition) is 5. The molecule has 0 aliphatic rings. The van der Waals surface area contributed by atoms with Crippen LogP contribution >= 0.6 is 11.6 Å². The number of nitrogens with zero attached hydrogens (tertiary/aromatic N) is 3. The molecule has 0 saturated carbocycles. The van der Waals surface area contributed by atoms with E-state index in [2.05, 4.69) is 10.1 Å². The Morgan fingerprint density at radius 3 is 2.59 bits per heavy atom. The number of carbonyl (C=O) groups is 1. The number of benzene rings is 2. The third kappa shape index (κ3) is 4.86. The molecule has 0 unspecified atom stereocenters. The maximum Gasteiger partial charge on any atom is 0.260 e. The maximum absolute atomic E-state index is 12.3. The molecule has 27 heavy (non-hydrogen) atoms. The molecule has 0 aliphatic carbocycles. The topological polar surface area (TPSA) is 68.5 Å². The van der Waals surface area contributed by atoms with Crippen LogP contribution in [0.5, 0.6) is 5.75 Å².